The number of hydrogen-bond donors (Lipinski definition) is 1. The Bertz CT molecular complexity index is 1290. The summed E-state index contributed by atoms with van der Waals surface area (Å²) < 4.78 is 12.3. The quantitative estimate of drug-likeness (QED) is 0.667. The highest BCUT2D eigenvalue weighted by Crippen LogP contribution is 2.38. The van der Waals surface area contributed by atoms with Gasteiger partial charge in [0.2, 0.25) is 5.91 Å². The van der Waals surface area contributed by atoms with Gasteiger partial charge in [0.05, 0.1) is 11.4 Å². The zero-order chi connectivity index (χ0) is 22.2. The van der Waals surface area contributed by atoms with Crippen molar-refractivity contribution in [1.82, 2.24) is 14.7 Å². The number of carbonyl (C=O) groups excluding carboxylic acids is 2. The van der Waals surface area contributed by atoms with Crippen LogP contribution in [0.25, 0.3) is 10.8 Å². The second kappa shape index (κ2) is 7.99. The Balaban J connectivity index is 1.45. The van der Waals surface area contributed by atoms with Crippen molar-refractivity contribution in [2.24, 2.45) is 5.73 Å². The summed E-state index contributed by atoms with van der Waals surface area (Å²) in [5.74, 6) is 0.369. The van der Waals surface area contributed by atoms with Gasteiger partial charge in [0, 0.05) is 11.9 Å². The van der Waals surface area contributed by atoms with Gasteiger partial charge in [-0.2, -0.15) is 5.10 Å². The maximum Gasteiger partial charge on any atom is 0.275 e. The van der Waals surface area contributed by atoms with Crippen LogP contribution in [0.2, 0.25) is 0 Å². The van der Waals surface area contributed by atoms with Crippen LogP contribution in [0.15, 0.2) is 47.3 Å². The maximum absolute atomic E-state index is 13.2. The van der Waals surface area contributed by atoms with E-state index >= 15 is 0 Å². The van der Waals surface area contributed by atoms with Gasteiger partial charge >= 0.3 is 0 Å². The zero-order valence-electron chi connectivity index (χ0n) is 17.3. The Hall–Kier alpha value is -3.88. The van der Waals surface area contributed by atoms with Gasteiger partial charge in [-0.25, -0.2) is 4.68 Å². The lowest BCUT2D eigenvalue weighted by molar-refractivity contribution is -0.133. The minimum absolute atomic E-state index is 0.0298. The molecule has 9 heteroatoms. The van der Waals surface area contributed by atoms with Crippen LogP contribution in [0.3, 0.4) is 0 Å². The third-order valence-corrected chi connectivity index (χ3v) is 5.91. The molecule has 1 fully saturated rings. The van der Waals surface area contributed by atoms with E-state index in [4.69, 9.17) is 15.2 Å². The number of fused-ring (bicyclic) bond motifs is 2. The number of carbonyl (C=O) groups is 2. The fourth-order valence-corrected chi connectivity index (χ4v) is 4.42. The molecule has 3 aromatic rings. The molecule has 2 aliphatic heterocycles. The molecule has 164 valence electrons. The lowest BCUT2D eigenvalue weighted by Crippen LogP contribution is -2.38. The van der Waals surface area contributed by atoms with Gasteiger partial charge in [-0.15, -0.1) is 0 Å². The average Bonchev–Trinajstić information content (AvgIpc) is 3.30. The number of benzene rings is 2. The standard InChI is InChI=1S/C23H22N4O5/c24-22(29)21-15-4-1-2-5-16(15)23(30)27(25-21)13-20(28)26-9-3-6-17(26)14-7-8-18-19(12-14)32-11-10-31-18/h1-2,4-5,7-8,12,17H,3,6,9-11,13H2,(H2,24,29)/t17-/m1/s1. The molecule has 0 aliphatic carbocycles. The molecule has 0 radical (unpaired) electrons. The zero-order valence-corrected chi connectivity index (χ0v) is 17.3. The van der Waals surface area contributed by atoms with Crippen molar-refractivity contribution in [2.45, 2.75) is 25.4 Å². The van der Waals surface area contributed by atoms with Crippen LogP contribution in [0.5, 0.6) is 11.5 Å². The fraction of sp³-hybridized carbons (Fsp3) is 0.304. The summed E-state index contributed by atoms with van der Waals surface area (Å²) in [6.07, 6.45) is 1.65. The average molecular weight is 434 g/mol. The summed E-state index contributed by atoms with van der Waals surface area (Å²) >= 11 is 0. The van der Waals surface area contributed by atoms with Crippen molar-refractivity contribution >= 4 is 22.6 Å². The first-order chi connectivity index (χ1) is 15.5. The van der Waals surface area contributed by atoms with E-state index in [0.29, 0.717) is 42.0 Å². The molecule has 1 atom stereocenters. The Morgan fingerprint density at radius 3 is 2.59 bits per heavy atom. The van der Waals surface area contributed by atoms with Crippen molar-refractivity contribution in [3.63, 3.8) is 0 Å². The van der Waals surface area contributed by atoms with Gasteiger partial charge in [-0.05, 0) is 36.6 Å². The minimum atomic E-state index is -0.752. The van der Waals surface area contributed by atoms with Gasteiger partial charge in [0.1, 0.15) is 19.8 Å². The van der Waals surface area contributed by atoms with Crippen LogP contribution < -0.4 is 20.8 Å². The highest BCUT2D eigenvalue weighted by molar-refractivity contribution is 6.04. The second-order valence-electron chi connectivity index (χ2n) is 7.87. The van der Waals surface area contributed by atoms with Crippen molar-refractivity contribution in [3.8, 4) is 11.5 Å². The summed E-state index contributed by atoms with van der Waals surface area (Å²) in [7, 11) is 0. The van der Waals surface area contributed by atoms with Crippen molar-refractivity contribution in [1.29, 1.82) is 0 Å². The summed E-state index contributed by atoms with van der Waals surface area (Å²) in [6.45, 7) is 1.30. The molecule has 32 heavy (non-hydrogen) atoms. The van der Waals surface area contributed by atoms with Crippen LogP contribution in [0.1, 0.15) is 34.9 Å². The van der Waals surface area contributed by atoms with Crippen molar-refractivity contribution in [2.75, 3.05) is 19.8 Å². The molecule has 0 unspecified atom stereocenters. The van der Waals surface area contributed by atoms with Crippen molar-refractivity contribution in [3.05, 3.63) is 64.1 Å². The smallest absolute Gasteiger partial charge is 0.275 e. The molecule has 0 spiro atoms. The highest BCUT2D eigenvalue weighted by atomic mass is 16.6. The van der Waals surface area contributed by atoms with E-state index in [-0.39, 0.29) is 24.2 Å². The normalized spacial score (nSPS) is 17.5. The van der Waals surface area contributed by atoms with Gasteiger partial charge in [-0.1, -0.05) is 24.3 Å². The first-order valence-corrected chi connectivity index (χ1v) is 10.5. The Kier molecular flexibility index (Phi) is 5.01. The van der Waals surface area contributed by atoms with E-state index in [9.17, 15) is 14.4 Å². The highest BCUT2D eigenvalue weighted by Gasteiger charge is 2.31. The van der Waals surface area contributed by atoms with E-state index in [0.717, 1.165) is 23.1 Å². The van der Waals surface area contributed by atoms with Crippen LogP contribution in [-0.2, 0) is 11.3 Å². The molecule has 1 saturated heterocycles. The second-order valence-corrected chi connectivity index (χ2v) is 7.87. The molecule has 9 nitrogen and oxygen atoms in total. The van der Waals surface area contributed by atoms with Gasteiger partial charge in [0.25, 0.3) is 11.5 Å². The fourth-order valence-electron chi connectivity index (χ4n) is 4.42. The van der Waals surface area contributed by atoms with Crippen LogP contribution in [-0.4, -0.2) is 46.3 Å². The molecule has 0 bridgehead atoms. The number of nitrogens with two attached hydrogens (primary N) is 1. The molecule has 0 saturated carbocycles. The molecule has 2 N–H and O–H groups in total. The molecule has 5 rings (SSSR count). The predicted molar refractivity (Wildman–Crippen MR) is 116 cm³/mol. The van der Waals surface area contributed by atoms with Crippen LogP contribution in [0, 0.1) is 0 Å². The summed E-state index contributed by atoms with van der Waals surface area (Å²) in [5.41, 5.74) is 5.96. The number of rotatable bonds is 4. The summed E-state index contributed by atoms with van der Waals surface area (Å²) in [6, 6.07) is 12.2. The topological polar surface area (TPSA) is 117 Å². The molecule has 3 heterocycles. The van der Waals surface area contributed by atoms with Crippen LogP contribution in [0.4, 0.5) is 0 Å². The number of likely N-dealkylation sites (tertiary alicyclic amines) is 1. The molecule has 2 aromatic carbocycles. The molecular formula is C23H22N4O5. The number of primary amides is 1. The van der Waals surface area contributed by atoms with Gasteiger partial charge < -0.3 is 20.1 Å². The third-order valence-electron chi connectivity index (χ3n) is 5.91. The molecule has 2 aliphatic rings. The van der Waals surface area contributed by atoms with E-state index in [1.165, 1.54) is 0 Å². The van der Waals surface area contributed by atoms with Gasteiger partial charge in [-0.3, -0.25) is 14.4 Å². The molecule has 2 amide bonds. The minimum Gasteiger partial charge on any atom is -0.486 e. The number of ether oxygens (including phenoxy) is 2. The molecule has 1 aromatic heterocycles. The molecular weight excluding hydrogens is 412 g/mol. The summed E-state index contributed by atoms with van der Waals surface area (Å²) in [5, 5.41) is 4.79. The van der Waals surface area contributed by atoms with E-state index in [1.807, 2.05) is 18.2 Å². The van der Waals surface area contributed by atoms with Crippen LogP contribution >= 0.6 is 0 Å². The Labute approximate surface area is 183 Å². The van der Waals surface area contributed by atoms with E-state index in [2.05, 4.69) is 5.10 Å². The predicted octanol–water partition coefficient (Wildman–Crippen LogP) is 1.63. The van der Waals surface area contributed by atoms with Gasteiger partial charge in [0.15, 0.2) is 17.2 Å². The third kappa shape index (κ3) is 3.45. The number of amides is 2. The Morgan fingerprint density at radius 1 is 1.06 bits per heavy atom. The number of nitrogens with zero attached hydrogens (tertiary/aromatic N) is 3. The van der Waals surface area contributed by atoms with E-state index < -0.39 is 11.5 Å². The largest absolute Gasteiger partial charge is 0.486 e. The summed E-state index contributed by atoms with van der Waals surface area (Å²) in [4.78, 5) is 39.8. The lowest BCUT2D eigenvalue weighted by Gasteiger charge is -2.27. The number of hydrogen-bond acceptors (Lipinski definition) is 6. The first-order valence-electron chi connectivity index (χ1n) is 10.5. The monoisotopic (exact) mass is 434 g/mol. The Morgan fingerprint density at radius 2 is 1.81 bits per heavy atom. The van der Waals surface area contributed by atoms with Crippen molar-refractivity contribution < 1.29 is 19.1 Å². The maximum atomic E-state index is 13.2. The van der Waals surface area contributed by atoms with E-state index in [1.54, 1.807) is 29.2 Å². The lowest BCUT2D eigenvalue weighted by atomic mass is 10.0. The number of aromatic nitrogens is 2. The first kappa shape index (κ1) is 20.0. The SMILES string of the molecule is NC(=O)c1nn(CC(=O)N2CCC[C@@H]2c2ccc3c(c2)OCCO3)c(=O)c2ccccc12.